The van der Waals surface area contributed by atoms with Crippen LogP contribution in [0.15, 0.2) is 36.0 Å². The van der Waals surface area contributed by atoms with E-state index in [-0.39, 0.29) is 11.7 Å². The highest BCUT2D eigenvalue weighted by molar-refractivity contribution is 7.99. The molecule has 0 saturated carbocycles. The van der Waals surface area contributed by atoms with E-state index in [4.69, 9.17) is 0 Å². The summed E-state index contributed by atoms with van der Waals surface area (Å²) in [6.07, 6.45) is 1.70. The molecule has 0 aliphatic heterocycles. The Morgan fingerprint density at radius 1 is 1.48 bits per heavy atom. The fraction of sp³-hybridized carbons (Fsp3) is 0.286. The molecule has 0 atom stereocenters. The van der Waals surface area contributed by atoms with Gasteiger partial charge in [-0.3, -0.25) is 4.79 Å². The molecule has 1 aromatic heterocycles. The van der Waals surface area contributed by atoms with Crippen LogP contribution in [0.1, 0.15) is 11.1 Å². The third-order valence-electron chi connectivity index (χ3n) is 3.01. The summed E-state index contributed by atoms with van der Waals surface area (Å²) in [5, 5.41) is 14.8. The molecule has 7 heteroatoms. The summed E-state index contributed by atoms with van der Waals surface area (Å²) in [5.74, 6) is 0.173. The third kappa shape index (κ3) is 3.91. The van der Waals surface area contributed by atoms with E-state index in [0.29, 0.717) is 11.7 Å². The zero-order valence-electron chi connectivity index (χ0n) is 12.0. The number of hydrogen-bond acceptors (Lipinski definition) is 5. The first kappa shape index (κ1) is 15.2. The Morgan fingerprint density at radius 3 is 3.05 bits per heavy atom. The number of allylic oxidation sites excluding steroid dienone is 1. The van der Waals surface area contributed by atoms with E-state index in [9.17, 15) is 4.79 Å². The fourth-order valence-electron chi connectivity index (χ4n) is 1.74. The average Bonchev–Trinajstić information content (AvgIpc) is 2.90. The zero-order valence-corrected chi connectivity index (χ0v) is 12.9. The van der Waals surface area contributed by atoms with Gasteiger partial charge in [-0.15, -0.1) is 11.7 Å². The summed E-state index contributed by atoms with van der Waals surface area (Å²) in [6.45, 7) is 8.17. The molecule has 0 spiro atoms. The van der Waals surface area contributed by atoms with Crippen LogP contribution >= 0.6 is 11.8 Å². The van der Waals surface area contributed by atoms with Crippen molar-refractivity contribution in [2.24, 2.45) is 0 Å². The standard InChI is InChI=1S/C14H17N5OS/c1-4-8-19-14(16-17-18-19)21-9-13(20)15-12-7-5-6-10(2)11(12)3/h4-7H,1,8-9H2,2-3H3,(H,15,20). The van der Waals surface area contributed by atoms with Gasteiger partial charge in [-0.1, -0.05) is 30.0 Å². The summed E-state index contributed by atoms with van der Waals surface area (Å²) < 4.78 is 1.60. The molecule has 1 N–H and O–H groups in total. The number of rotatable bonds is 6. The molecule has 0 aliphatic carbocycles. The van der Waals surface area contributed by atoms with Crippen LogP contribution in [-0.4, -0.2) is 31.9 Å². The Kier molecular flexibility index (Phi) is 5.10. The number of benzene rings is 1. The van der Waals surface area contributed by atoms with Gasteiger partial charge in [-0.05, 0) is 41.5 Å². The molecule has 0 unspecified atom stereocenters. The van der Waals surface area contributed by atoms with Gasteiger partial charge in [-0.2, -0.15) is 0 Å². The second-order valence-corrected chi connectivity index (χ2v) is 5.46. The number of aromatic nitrogens is 4. The molecule has 21 heavy (non-hydrogen) atoms. The topological polar surface area (TPSA) is 72.7 Å². The number of tetrazole rings is 1. The largest absolute Gasteiger partial charge is 0.325 e. The average molecular weight is 303 g/mol. The van der Waals surface area contributed by atoms with E-state index in [1.165, 1.54) is 11.8 Å². The van der Waals surface area contributed by atoms with E-state index < -0.39 is 0 Å². The molecular weight excluding hydrogens is 286 g/mol. The molecule has 0 saturated heterocycles. The van der Waals surface area contributed by atoms with Crippen LogP contribution in [0, 0.1) is 13.8 Å². The molecule has 2 aromatic rings. The van der Waals surface area contributed by atoms with Crippen LogP contribution in [0.2, 0.25) is 0 Å². The molecule has 1 heterocycles. The van der Waals surface area contributed by atoms with Gasteiger partial charge in [0, 0.05) is 5.69 Å². The van der Waals surface area contributed by atoms with Crippen molar-refractivity contribution in [1.29, 1.82) is 0 Å². The minimum atomic E-state index is -0.0816. The Hall–Kier alpha value is -2.15. The van der Waals surface area contributed by atoms with Crippen molar-refractivity contribution >= 4 is 23.4 Å². The van der Waals surface area contributed by atoms with Gasteiger partial charge in [0.25, 0.3) is 0 Å². The molecule has 0 aliphatic rings. The fourth-order valence-corrected chi connectivity index (χ4v) is 2.43. The van der Waals surface area contributed by atoms with E-state index in [0.717, 1.165) is 16.8 Å². The summed E-state index contributed by atoms with van der Waals surface area (Å²) in [5.41, 5.74) is 3.06. The van der Waals surface area contributed by atoms with Gasteiger partial charge >= 0.3 is 0 Å². The van der Waals surface area contributed by atoms with Gasteiger partial charge in [0.05, 0.1) is 12.3 Å². The maximum Gasteiger partial charge on any atom is 0.234 e. The highest BCUT2D eigenvalue weighted by Gasteiger charge is 2.10. The third-order valence-corrected chi connectivity index (χ3v) is 3.97. The first-order chi connectivity index (χ1) is 10.1. The molecule has 2 rings (SSSR count). The van der Waals surface area contributed by atoms with Crippen molar-refractivity contribution in [2.75, 3.05) is 11.1 Å². The summed E-state index contributed by atoms with van der Waals surface area (Å²) >= 11 is 1.30. The van der Waals surface area contributed by atoms with Crippen molar-refractivity contribution in [2.45, 2.75) is 25.5 Å². The minimum Gasteiger partial charge on any atom is -0.325 e. The van der Waals surface area contributed by atoms with E-state index in [1.54, 1.807) is 10.8 Å². The molecular formula is C14H17N5OS. The predicted octanol–water partition coefficient (Wildman–Crippen LogP) is 2.21. The summed E-state index contributed by atoms with van der Waals surface area (Å²) in [7, 11) is 0. The molecule has 0 radical (unpaired) electrons. The number of nitrogens with one attached hydrogen (secondary N) is 1. The van der Waals surface area contributed by atoms with Gasteiger partial charge in [-0.25, -0.2) is 4.68 Å². The number of carbonyl (C=O) groups is 1. The van der Waals surface area contributed by atoms with Crippen LogP contribution in [0.25, 0.3) is 0 Å². The van der Waals surface area contributed by atoms with Crippen molar-refractivity contribution < 1.29 is 4.79 Å². The van der Waals surface area contributed by atoms with Gasteiger partial charge in [0.15, 0.2) is 0 Å². The summed E-state index contributed by atoms with van der Waals surface area (Å²) in [4.78, 5) is 12.0. The number of nitrogens with zero attached hydrogens (tertiary/aromatic N) is 4. The molecule has 1 amide bonds. The lowest BCUT2D eigenvalue weighted by Gasteiger charge is -2.10. The van der Waals surface area contributed by atoms with Gasteiger partial charge in [0.1, 0.15) is 0 Å². The second kappa shape index (κ2) is 7.03. The lowest BCUT2D eigenvalue weighted by atomic mass is 10.1. The van der Waals surface area contributed by atoms with Crippen LogP contribution in [-0.2, 0) is 11.3 Å². The number of amides is 1. The van der Waals surface area contributed by atoms with Crippen molar-refractivity contribution in [3.8, 4) is 0 Å². The van der Waals surface area contributed by atoms with E-state index >= 15 is 0 Å². The zero-order chi connectivity index (χ0) is 15.2. The molecule has 1 aromatic carbocycles. The number of hydrogen-bond donors (Lipinski definition) is 1. The second-order valence-electron chi connectivity index (χ2n) is 4.52. The van der Waals surface area contributed by atoms with Crippen LogP contribution in [0.4, 0.5) is 5.69 Å². The van der Waals surface area contributed by atoms with Crippen molar-refractivity contribution in [3.05, 3.63) is 42.0 Å². The van der Waals surface area contributed by atoms with Gasteiger partial charge < -0.3 is 5.32 Å². The van der Waals surface area contributed by atoms with E-state index in [1.807, 2.05) is 32.0 Å². The highest BCUT2D eigenvalue weighted by atomic mass is 32.2. The maximum absolute atomic E-state index is 12.0. The monoisotopic (exact) mass is 303 g/mol. The molecule has 0 bridgehead atoms. The molecule has 0 fully saturated rings. The lowest BCUT2D eigenvalue weighted by molar-refractivity contribution is -0.113. The van der Waals surface area contributed by atoms with Crippen molar-refractivity contribution in [1.82, 2.24) is 20.2 Å². The highest BCUT2D eigenvalue weighted by Crippen LogP contribution is 2.19. The van der Waals surface area contributed by atoms with Gasteiger partial charge in [0.2, 0.25) is 11.1 Å². The smallest absolute Gasteiger partial charge is 0.234 e. The Balaban J connectivity index is 1.94. The normalized spacial score (nSPS) is 10.4. The molecule has 6 nitrogen and oxygen atoms in total. The van der Waals surface area contributed by atoms with Crippen LogP contribution < -0.4 is 5.32 Å². The van der Waals surface area contributed by atoms with Crippen LogP contribution in [0.5, 0.6) is 0 Å². The molecule has 110 valence electrons. The lowest BCUT2D eigenvalue weighted by Crippen LogP contribution is -2.15. The van der Waals surface area contributed by atoms with Crippen molar-refractivity contribution in [3.63, 3.8) is 0 Å². The first-order valence-corrected chi connectivity index (χ1v) is 7.46. The van der Waals surface area contributed by atoms with Crippen LogP contribution in [0.3, 0.4) is 0 Å². The predicted molar refractivity (Wildman–Crippen MR) is 83.3 cm³/mol. The Labute approximate surface area is 127 Å². The SMILES string of the molecule is C=CCn1nnnc1SCC(=O)Nc1cccc(C)c1C. The Morgan fingerprint density at radius 2 is 2.29 bits per heavy atom. The maximum atomic E-state index is 12.0. The quantitative estimate of drug-likeness (QED) is 0.654. The first-order valence-electron chi connectivity index (χ1n) is 6.47. The van der Waals surface area contributed by atoms with E-state index in [2.05, 4.69) is 27.4 Å². The number of thioether (sulfide) groups is 1. The minimum absolute atomic E-state index is 0.0816. The Bertz CT molecular complexity index is 653. The number of carbonyl (C=O) groups excluding carboxylic acids is 1. The number of aryl methyl sites for hydroxylation is 1. The summed E-state index contributed by atoms with van der Waals surface area (Å²) in [6, 6.07) is 5.84. The number of anilines is 1.